The first-order valence-electron chi connectivity index (χ1n) is 6.40. The molecule has 1 aromatic carbocycles. The number of aromatic nitrogens is 1. The zero-order chi connectivity index (χ0) is 13.5. The first kappa shape index (κ1) is 12.1. The van der Waals surface area contributed by atoms with Crippen LogP contribution in [0.25, 0.3) is 11.3 Å². The Bertz CT molecular complexity index is 596. The Morgan fingerprint density at radius 1 is 1.05 bits per heavy atom. The highest BCUT2D eigenvalue weighted by Gasteiger charge is 2.21. The van der Waals surface area contributed by atoms with Gasteiger partial charge in [-0.25, -0.2) is 4.98 Å². The van der Waals surface area contributed by atoms with Crippen molar-refractivity contribution in [2.75, 3.05) is 13.2 Å². The van der Waals surface area contributed by atoms with Gasteiger partial charge in [0.15, 0.2) is 17.4 Å². The van der Waals surface area contributed by atoms with Gasteiger partial charge in [0.05, 0.1) is 0 Å². The minimum Gasteiger partial charge on any atom is -0.486 e. The summed E-state index contributed by atoms with van der Waals surface area (Å²) in [6, 6.07) is 5.83. The molecule has 0 spiro atoms. The van der Waals surface area contributed by atoms with E-state index in [0.29, 0.717) is 13.2 Å². The molecule has 2 aromatic rings. The minimum absolute atomic E-state index is 0.0912. The number of nitrogens with zero attached hydrogens (tertiary/aromatic N) is 1. The average molecular weight is 259 g/mol. The van der Waals surface area contributed by atoms with Crippen LogP contribution in [0.1, 0.15) is 26.7 Å². The zero-order valence-corrected chi connectivity index (χ0v) is 11.4. The topological polar surface area (TPSA) is 44.5 Å². The van der Waals surface area contributed by atoms with Crippen molar-refractivity contribution in [2.24, 2.45) is 0 Å². The van der Waals surface area contributed by atoms with Gasteiger partial charge in [-0.15, -0.1) is 0 Å². The number of oxazole rings is 1. The Balaban J connectivity index is 1.96. The Kier molecular flexibility index (Phi) is 2.73. The lowest BCUT2D eigenvalue weighted by Gasteiger charge is -2.18. The molecule has 4 nitrogen and oxygen atoms in total. The Labute approximate surface area is 112 Å². The number of benzene rings is 1. The van der Waals surface area contributed by atoms with Crippen LogP contribution >= 0.6 is 0 Å². The molecule has 1 aliphatic rings. The number of ether oxygens (including phenoxy) is 2. The minimum atomic E-state index is -0.0912. The van der Waals surface area contributed by atoms with E-state index in [1.807, 2.05) is 18.2 Å². The molecular weight excluding hydrogens is 242 g/mol. The first-order chi connectivity index (χ1) is 9.04. The van der Waals surface area contributed by atoms with Gasteiger partial charge >= 0.3 is 0 Å². The van der Waals surface area contributed by atoms with E-state index in [9.17, 15) is 0 Å². The van der Waals surface area contributed by atoms with Gasteiger partial charge in [0.1, 0.15) is 25.2 Å². The molecule has 0 amide bonds. The van der Waals surface area contributed by atoms with Crippen molar-refractivity contribution in [3.63, 3.8) is 0 Å². The van der Waals surface area contributed by atoms with Crippen LogP contribution in [0.5, 0.6) is 11.5 Å². The lowest BCUT2D eigenvalue weighted by molar-refractivity contribution is 0.171. The standard InChI is InChI=1S/C15H17NO3/c1-15(2,3)14-16-11(9-19-14)10-4-5-12-13(8-10)18-7-6-17-12/h4-5,8-9H,6-7H2,1-3H3. The first-order valence-corrected chi connectivity index (χ1v) is 6.40. The molecule has 0 aliphatic carbocycles. The third-order valence-electron chi connectivity index (χ3n) is 2.98. The number of fused-ring (bicyclic) bond motifs is 1. The molecule has 0 radical (unpaired) electrons. The second-order valence-electron chi connectivity index (χ2n) is 5.65. The van der Waals surface area contributed by atoms with Gasteiger partial charge in [-0.3, -0.25) is 0 Å². The van der Waals surface area contributed by atoms with E-state index in [2.05, 4.69) is 25.8 Å². The van der Waals surface area contributed by atoms with Crippen LogP contribution in [0, 0.1) is 0 Å². The second kappa shape index (κ2) is 4.30. The van der Waals surface area contributed by atoms with Crippen molar-refractivity contribution in [1.29, 1.82) is 0 Å². The molecule has 1 aliphatic heterocycles. The van der Waals surface area contributed by atoms with Crippen molar-refractivity contribution in [3.8, 4) is 22.8 Å². The Hall–Kier alpha value is -1.97. The largest absolute Gasteiger partial charge is 0.486 e. The van der Waals surface area contributed by atoms with Gasteiger partial charge in [0, 0.05) is 11.0 Å². The van der Waals surface area contributed by atoms with Crippen molar-refractivity contribution in [3.05, 3.63) is 30.4 Å². The fourth-order valence-electron chi connectivity index (χ4n) is 1.95. The van der Waals surface area contributed by atoms with Crippen molar-refractivity contribution < 1.29 is 13.9 Å². The maximum absolute atomic E-state index is 5.58. The molecule has 0 bridgehead atoms. The van der Waals surface area contributed by atoms with Gasteiger partial charge in [-0.05, 0) is 18.2 Å². The van der Waals surface area contributed by atoms with Crippen LogP contribution in [-0.4, -0.2) is 18.2 Å². The predicted molar refractivity (Wildman–Crippen MR) is 71.6 cm³/mol. The maximum Gasteiger partial charge on any atom is 0.199 e. The van der Waals surface area contributed by atoms with E-state index in [1.54, 1.807) is 6.26 Å². The van der Waals surface area contributed by atoms with Crippen molar-refractivity contribution >= 4 is 0 Å². The van der Waals surface area contributed by atoms with E-state index in [0.717, 1.165) is 28.6 Å². The normalized spacial score (nSPS) is 14.5. The van der Waals surface area contributed by atoms with Crippen molar-refractivity contribution in [1.82, 2.24) is 4.98 Å². The molecule has 0 unspecified atom stereocenters. The van der Waals surface area contributed by atoms with Gasteiger partial charge in [-0.1, -0.05) is 20.8 Å². The number of rotatable bonds is 1. The van der Waals surface area contributed by atoms with Gasteiger partial charge in [0.25, 0.3) is 0 Å². The van der Waals surface area contributed by atoms with E-state index in [-0.39, 0.29) is 5.41 Å². The highest BCUT2D eigenvalue weighted by molar-refractivity contribution is 5.63. The zero-order valence-electron chi connectivity index (χ0n) is 11.4. The predicted octanol–water partition coefficient (Wildman–Crippen LogP) is 3.41. The highest BCUT2D eigenvalue weighted by Crippen LogP contribution is 2.35. The molecule has 1 aromatic heterocycles. The van der Waals surface area contributed by atoms with Crippen LogP contribution in [0.15, 0.2) is 28.9 Å². The summed E-state index contributed by atoms with van der Waals surface area (Å²) >= 11 is 0. The molecule has 4 heteroatoms. The van der Waals surface area contributed by atoms with Gasteiger partial charge in [-0.2, -0.15) is 0 Å². The lowest BCUT2D eigenvalue weighted by atomic mass is 9.97. The summed E-state index contributed by atoms with van der Waals surface area (Å²) < 4.78 is 16.6. The molecule has 3 rings (SSSR count). The van der Waals surface area contributed by atoms with E-state index in [1.165, 1.54) is 0 Å². The third kappa shape index (κ3) is 2.30. The van der Waals surface area contributed by atoms with Crippen LogP contribution in [-0.2, 0) is 5.41 Å². The monoisotopic (exact) mass is 259 g/mol. The van der Waals surface area contributed by atoms with Crippen LogP contribution < -0.4 is 9.47 Å². The smallest absolute Gasteiger partial charge is 0.199 e. The summed E-state index contributed by atoms with van der Waals surface area (Å²) in [7, 11) is 0. The van der Waals surface area contributed by atoms with E-state index in [4.69, 9.17) is 13.9 Å². The Morgan fingerprint density at radius 3 is 2.47 bits per heavy atom. The fraction of sp³-hybridized carbons (Fsp3) is 0.400. The molecule has 0 saturated heterocycles. The molecule has 0 fully saturated rings. The van der Waals surface area contributed by atoms with Crippen LogP contribution in [0.4, 0.5) is 0 Å². The second-order valence-corrected chi connectivity index (χ2v) is 5.65. The number of hydrogen-bond acceptors (Lipinski definition) is 4. The summed E-state index contributed by atoms with van der Waals surface area (Å²) in [4.78, 5) is 4.54. The third-order valence-corrected chi connectivity index (χ3v) is 2.98. The lowest BCUT2D eigenvalue weighted by Crippen LogP contribution is -2.15. The van der Waals surface area contributed by atoms with Gasteiger partial charge < -0.3 is 13.9 Å². The average Bonchev–Trinajstić information content (AvgIpc) is 2.87. The maximum atomic E-state index is 5.58. The molecule has 0 N–H and O–H groups in total. The Morgan fingerprint density at radius 2 is 1.79 bits per heavy atom. The SMILES string of the molecule is CC(C)(C)c1nc(-c2ccc3c(c2)OCCO3)co1. The number of hydrogen-bond donors (Lipinski definition) is 0. The highest BCUT2D eigenvalue weighted by atomic mass is 16.6. The summed E-state index contributed by atoms with van der Waals surface area (Å²) in [6.45, 7) is 7.41. The summed E-state index contributed by atoms with van der Waals surface area (Å²) in [5.41, 5.74) is 1.71. The quantitative estimate of drug-likeness (QED) is 0.787. The molecule has 19 heavy (non-hydrogen) atoms. The molecule has 2 heterocycles. The summed E-state index contributed by atoms with van der Waals surface area (Å²) in [5.74, 6) is 2.29. The van der Waals surface area contributed by atoms with Crippen LogP contribution in [0.3, 0.4) is 0 Å². The van der Waals surface area contributed by atoms with E-state index >= 15 is 0 Å². The summed E-state index contributed by atoms with van der Waals surface area (Å²) in [5, 5.41) is 0. The molecule has 0 atom stereocenters. The van der Waals surface area contributed by atoms with Crippen molar-refractivity contribution in [2.45, 2.75) is 26.2 Å². The van der Waals surface area contributed by atoms with Crippen LogP contribution in [0.2, 0.25) is 0 Å². The molecule has 0 saturated carbocycles. The van der Waals surface area contributed by atoms with E-state index < -0.39 is 0 Å². The summed E-state index contributed by atoms with van der Waals surface area (Å²) in [6.07, 6.45) is 1.69. The van der Waals surface area contributed by atoms with Gasteiger partial charge in [0.2, 0.25) is 0 Å². The fourth-order valence-corrected chi connectivity index (χ4v) is 1.95. The molecule has 100 valence electrons. The molecular formula is C15H17NO3.